The topological polar surface area (TPSA) is 43.5 Å². The van der Waals surface area contributed by atoms with Gasteiger partial charge in [0.1, 0.15) is 36.9 Å². The van der Waals surface area contributed by atoms with Gasteiger partial charge in [-0.25, -0.2) is 0 Å². The summed E-state index contributed by atoms with van der Waals surface area (Å²) in [5.74, 6) is 4.78. The molecule has 4 heteroatoms. The van der Waals surface area contributed by atoms with Gasteiger partial charge in [0.05, 0.1) is 13.2 Å². The van der Waals surface area contributed by atoms with Crippen molar-refractivity contribution >= 4 is 0 Å². The van der Waals surface area contributed by atoms with Crippen molar-refractivity contribution in [1.82, 2.24) is 0 Å². The van der Waals surface area contributed by atoms with Crippen molar-refractivity contribution in [1.29, 1.82) is 0 Å². The molecule has 4 aliphatic carbocycles. The van der Waals surface area contributed by atoms with E-state index in [1.165, 1.54) is 49.7 Å². The Balaban J connectivity index is 1.44. The predicted octanol–water partition coefficient (Wildman–Crippen LogP) is 5.01. The molecule has 6 fully saturated rings. The Morgan fingerprint density at radius 1 is 0.833 bits per heavy atom. The third-order valence-electron chi connectivity index (χ3n) is 8.15. The van der Waals surface area contributed by atoms with Crippen LogP contribution in [0.5, 0.6) is 11.5 Å². The minimum atomic E-state index is 0.0440. The van der Waals surface area contributed by atoms with Crippen LogP contribution in [0.2, 0.25) is 0 Å². The fourth-order valence-corrected chi connectivity index (χ4v) is 6.88. The summed E-state index contributed by atoms with van der Waals surface area (Å²) in [6.45, 7) is 9.77. The molecule has 6 aliphatic rings. The molecule has 4 nitrogen and oxygen atoms in total. The van der Waals surface area contributed by atoms with Gasteiger partial charge in [0.15, 0.2) is 0 Å². The summed E-state index contributed by atoms with van der Waals surface area (Å²) >= 11 is 0. The molecule has 0 N–H and O–H groups in total. The zero-order valence-corrected chi connectivity index (χ0v) is 18.7. The minimum Gasteiger partial charge on any atom is -0.490 e. The van der Waals surface area contributed by atoms with E-state index in [1.807, 2.05) is 0 Å². The van der Waals surface area contributed by atoms with Gasteiger partial charge in [-0.1, -0.05) is 20.8 Å². The van der Waals surface area contributed by atoms with Gasteiger partial charge in [-0.15, -0.1) is 0 Å². The molecule has 164 valence electrons. The lowest BCUT2D eigenvalue weighted by Gasteiger charge is -2.57. The summed E-state index contributed by atoms with van der Waals surface area (Å²) < 4.78 is 23.9. The maximum absolute atomic E-state index is 6.51. The lowest BCUT2D eigenvalue weighted by Crippen LogP contribution is -2.49. The number of rotatable bonds is 7. The standard InChI is InChI=1S/C26H36O4/c1-25(2,3)19-7-22(29-14-20-12-27-20)24(23(8-19)30-15-21-13-28-21)26-9-16-4-17(10-26)6-18(5-16)11-26/h7-8,16-18,20-21H,4-6,9-15H2,1-3H3. The summed E-state index contributed by atoms with van der Waals surface area (Å²) in [7, 11) is 0. The summed E-state index contributed by atoms with van der Waals surface area (Å²) in [5.41, 5.74) is 2.93. The largest absolute Gasteiger partial charge is 0.490 e. The zero-order valence-electron chi connectivity index (χ0n) is 18.7. The van der Waals surface area contributed by atoms with Crippen molar-refractivity contribution < 1.29 is 18.9 Å². The Morgan fingerprint density at radius 3 is 1.63 bits per heavy atom. The van der Waals surface area contributed by atoms with E-state index in [2.05, 4.69) is 32.9 Å². The molecule has 7 rings (SSSR count). The van der Waals surface area contributed by atoms with Crippen molar-refractivity contribution in [3.05, 3.63) is 23.3 Å². The molecular weight excluding hydrogens is 376 g/mol. The molecule has 1 aromatic carbocycles. The Hall–Kier alpha value is -1.26. The number of hydrogen-bond acceptors (Lipinski definition) is 4. The second-order valence-electron chi connectivity index (χ2n) is 11.8. The first kappa shape index (κ1) is 19.4. The van der Waals surface area contributed by atoms with Crippen LogP contribution in [-0.4, -0.2) is 38.6 Å². The smallest absolute Gasteiger partial charge is 0.127 e. The predicted molar refractivity (Wildman–Crippen MR) is 115 cm³/mol. The Labute approximate surface area is 180 Å². The van der Waals surface area contributed by atoms with Crippen LogP contribution in [-0.2, 0) is 20.3 Å². The van der Waals surface area contributed by atoms with Crippen LogP contribution in [0.25, 0.3) is 0 Å². The van der Waals surface area contributed by atoms with E-state index in [1.54, 1.807) is 0 Å². The van der Waals surface area contributed by atoms with Gasteiger partial charge in [-0.3, -0.25) is 0 Å². The Bertz CT molecular complexity index is 743. The van der Waals surface area contributed by atoms with Gasteiger partial charge < -0.3 is 18.9 Å². The number of benzene rings is 1. The highest BCUT2D eigenvalue weighted by atomic mass is 16.6. The maximum Gasteiger partial charge on any atom is 0.127 e. The molecule has 4 saturated carbocycles. The second kappa shape index (κ2) is 6.87. The third-order valence-corrected chi connectivity index (χ3v) is 8.15. The molecular formula is C26H36O4. The fourth-order valence-electron chi connectivity index (χ4n) is 6.88. The van der Waals surface area contributed by atoms with E-state index in [0.717, 1.165) is 42.5 Å². The van der Waals surface area contributed by atoms with Crippen molar-refractivity contribution in [2.45, 2.75) is 82.3 Å². The van der Waals surface area contributed by atoms with Gasteiger partial charge in [-0.05, 0) is 79.4 Å². The van der Waals surface area contributed by atoms with Crippen LogP contribution < -0.4 is 9.47 Å². The van der Waals surface area contributed by atoms with Crippen molar-refractivity contribution in [3.8, 4) is 11.5 Å². The minimum absolute atomic E-state index is 0.0440. The zero-order chi connectivity index (χ0) is 20.5. The second-order valence-corrected chi connectivity index (χ2v) is 11.8. The van der Waals surface area contributed by atoms with Crippen molar-refractivity contribution in [3.63, 3.8) is 0 Å². The Morgan fingerprint density at radius 2 is 1.27 bits per heavy atom. The number of ether oxygens (including phenoxy) is 4. The van der Waals surface area contributed by atoms with Crippen molar-refractivity contribution in [2.24, 2.45) is 17.8 Å². The average Bonchev–Trinajstić information content (AvgIpc) is 3.58. The van der Waals surface area contributed by atoms with Crippen LogP contribution >= 0.6 is 0 Å². The van der Waals surface area contributed by atoms with E-state index >= 15 is 0 Å². The highest BCUT2D eigenvalue weighted by molar-refractivity contribution is 5.55. The van der Waals surface area contributed by atoms with Crippen LogP contribution in [0.15, 0.2) is 12.1 Å². The molecule has 30 heavy (non-hydrogen) atoms. The lowest BCUT2D eigenvalue weighted by molar-refractivity contribution is -0.00779. The van der Waals surface area contributed by atoms with E-state index < -0.39 is 0 Å². The normalized spacial score (nSPS) is 38.6. The number of hydrogen-bond donors (Lipinski definition) is 0. The van der Waals surface area contributed by atoms with Gasteiger partial charge in [0.2, 0.25) is 0 Å². The summed E-state index contributed by atoms with van der Waals surface area (Å²) in [5, 5.41) is 0. The molecule has 4 bridgehead atoms. The van der Waals surface area contributed by atoms with E-state index in [9.17, 15) is 0 Å². The first-order chi connectivity index (χ1) is 14.4. The SMILES string of the molecule is CC(C)(C)c1cc(OCC2CO2)c(C23CC4CC(CC(C4)C2)C3)c(OCC2CO2)c1. The first-order valence-electron chi connectivity index (χ1n) is 12.1. The van der Waals surface area contributed by atoms with Crippen molar-refractivity contribution in [2.75, 3.05) is 26.4 Å². The molecule has 0 amide bonds. The molecule has 2 atom stereocenters. The van der Waals surface area contributed by atoms with Crippen LogP contribution in [0.1, 0.15) is 70.4 Å². The van der Waals surface area contributed by atoms with Crippen LogP contribution in [0, 0.1) is 17.8 Å². The summed E-state index contributed by atoms with van der Waals surface area (Å²) in [6.07, 6.45) is 8.77. The monoisotopic (exact) mass is 412 g/mol. The molecule has 2 heterocycles. The highest BCUT2D eigenvalue weighted by Crippen LogP contribution is 2.63. The lowest BCUT2D eigenvalue weighted by atomic mass is 9.48. The molecule has 0 spiro atoms. The van der Waals surface area contributed by atoms with Crippen LogP contribution in [0.4, 0.5) is 0 Å². The maximum atomic E-state index is 6.51. The summed E-state index contributed by atoms with van der Waals surface area (Å²) in [4.78, 5) is 0. The fraction of sp³-hybridized carbons (Fsp3) is 0.769. The molecule has 0 radical (unpaired) electrons. The van der Waals surface area contributed by atoms with E-state index in [4.69, 9.17) is 18.9 Å². The molecule has 2 unspecified atom stereocenters. The van der Waals surface area contributed by atoms with E-state index in [0.29, 0.717) is 13.2 Å². The highest BCUT2D eigenvalue weighted by Gasteiger charge is 2.54. The molecule has 2 aliphatic heterocycles. The number of epoxide rings is 2. The average molecular weight is 413 g/mol. The summed E-state index contributed by atoms with van der Waals surface area (Å²) in [6, 6.07) is 4.63. The third kappa shape index (κ3) is 3.64. The van der Waals surface area contributed by atoms with Gasteiger partial charge in [-0.2, -0.15) is 0 Å². The van der Waals surface area contributed by atoms with Crippen LogP contribution in [0.3, 0.4) is 0 Å². The molecule has 1 aromatic rings. The quantitative estimate of drug-likeness (QED) is 0.591. The van der Waals surface area contributed by atoms with Gasteiger partial charge >= 0.3 is 0 Å². The Kier molecular flexibility index (Phi) is 4.45. The van der Waals surface area contributed by atoms with E-state index in [-0.39, 0.29) is 23.0 Å². The van der Waals surface area contributed by atoms with Gasteiger partial charge in [0.25, 0.3) is 0 Å². The first-order valence-corrected chi connectivity index (χ1v) is 12.1. The van der Waals surface area contributed by atoms with Gasteiger partial charge in [0, 0.05) is 11.0 Å². The molecule has 2 saturated heterocycles. The molecule has 0 aromatic heterocycles.